The third-order valence-electron chi connectivity index (χ3n) is 3.40. The first-order valence-corrected chi connectivity index (χ1v) is 5.60. The molecule has 0 aliphatic rings. The van der Waals surface area contributed by atoms with E-state index in [2.05, 4.69) is 34.6 Å². The smallest absolute Gasteiger partial charge is 0.0674 e. The van der Waals surface area contributed by atoms with E-state index < -0.39 is 0 Å². The summed E-state index contributed by atoms with van der Waals surface area (Å²) in [6, 6.07) is 0. The second-order valence-corrected chi connectivity index (χ2v) is 5.42. The molecule has 13 heavy (non-hydrogen) atoms. The van der Waals surface area contributed by atoms with Crippen LogP contribution in [0.1, 0.15) is 66.7 Å². The zero-order chi connectivity index (χ0) is 10.5. The highest BCUT2D eigenvalue weighted by molar-refractivity contribution is 6.15. The van der Waals surface area contributed by atoms with Crippen LogP contribution in [0.2, 0.25) is 5.31 Å². The summed E-state index contributed by atoms with van der Waals surface area (Å²) in [5.74, 6) is 0. The fraction of sp³-hybridized carbons (Fsp3) is 1.00. The van der Waals surface area contributed by atoms with Crippen molar-refractivity contribution < 1.29 is 0 Å². The van der Waals surface area contributed by atoms with Gasteiger partial charge >= 0.3 is 0 Å². The van der Waals surface area contributed by atoms with Crippen LogP contribution >= 0.6 is 0 Å². The van der Waals surface area contributed by atoms with Gasteiger partial charge in [-0.15, -0.1) is 0 Å². The van der Waals surface area contributed by atoms with Crippen LogP contribution in [0.4, 0.5) is 0 Å². The van der Waals surface area contributed by atoms with Gasteiger partial charge in [0.1, 0.15) is 0 Å². The Kier molecular flexibility index (Phi) is 5.10. The van der Waals surface area contributed by atoms with E-state index >= 15 is 0 Å². The quantitative estimate of drug-likeness (QED) is 0.421. The zero-order valence-electron chi connectivity index (χ0n) is 10.1. The monoisotopic (exact) mass is 180 g/mol. The van der Waals surface area contributed by atoms with Gasteiger partial charge in [-0.05, 0) is 11.8 Å². The normalized spacial score (nSPS) is 13.3. The Morgan fingerprint density at radius 1 is 0.923 bits per heavy atom. The van der Waals surface area contributed by atoms with E-state index in [-0.39, 0.29) is 10.7 Å². The predicted molar refractivity (Wildman–Crippen MR) is 62.3 cm³/mol. The fourth-order valence-electron chi connectivity index (χ4n) is 1.32. The molecule has 0 spiro atoms. The molecule has 0 bridgehead atoms. The molecule has 0 N–H and O–H groups in total. The predicted octanol–water partition coefficient (Wildman–Crippen LogP) is 4.35. The molecule has 0 saturated heterocycles. The van der Waals surface area contributed by atoms with Crippen LogP contribution < -0.4 is 0 Å². The first-order chi connectivity index (χ1) is 5.81. The van der Waals surface area contributed by atoms with Crippen LogP contribution in [-0.4, -0.2) is 7.85 Å². The van der Waals surface area contributed by atoms with E-state index in [1.807, 2.05) is 0 Å². The van der Waals surface area contributed by atoms with Crippen LogP contribution in [0.25, 0.3) is 0 Å². The lowest BCUT2D eigenvalue weighted by molar-refractivity contribution is 0.237. The van der Waals surface area contributed by atoms with Crippen molar-refractivity contribution in [3.63, 3.8) is 0 Å². The number of hydrogen-bond donors (Lipinski definition) is 0. The van der Waals surface area contributed by atoms with Crippen molar-refractivity contribution in [2.45, 2.75) is 72.0 Å². The van der Waals surface area contributed by atoms with E-state index in [1.165, 1.54) is 32.1 Å². The average Bonchev–Trinajstić information content (AvgIpc) is 1.96. The lowest BCUT2D eigenvalue weighted by Crippen LogP contribution is -2.26. The third-order valence-corrected chi connectivity index (χ3v) is 3.40. The van der Waals surface area contributed by atoms with Gasteiger partial charge in [0.05, 0.1) is 7.85 Å². The van der Waals surface area contributed by atoms with Gasteiger partial charge < -0.3 is 0 Å². The van der Waals surface area contributed by atoms with E-state index in [9.17, 15) is 0 Å². The summed E-state index contributed by atoms with van der Waals surface area (Å²) in [6.45, 7) is 11.1. The van der Waals surface area contributed by atoms with Gasteiger partial charge in [0.25, 0.3) is 0 Å². The maximum absolute atomic E-state index is 6.13. The highest BCUT2D eigenvalue weighted by Gasteiger charge is 2.31. The molecule has 1 heteroatoms. The maximum atomic E-state index is 6.13. The molecule has 76 valence electrons. The van der Waals surface area contributed by atoms with Crippen LogP contribution in [0.3, 0.4) is 0 Å². The van der Waals surface area contributed by atoms with Gasteiger partial charge in [-0.3, -0.25) is 0 Å². The first kappa shape index (κ1) is 13.1. The van der Waals surface area contributed by atoms with Crippen molar-refractivity contribution in [3.8, 4) is 0 Å². The molecule has 0 heterocycles. The molecule has 0 aromatic carbocycles. The molecule has 2 radical (unpaired) electrons. The van der Waals surface area contributed by atoms with Crippen molar-refractivity contribution in [1.29, 1.82) is 0 Å². The molecule has 0 atom stereocenters. The largest absolute Gasteiger partial charge is 0.0746 e. The molecule has 0 aromatic rings. The van der Waals surface area contributed by atoms with Gasteiger partial charge in [-0.1, -0.05) is 65.6 Å². The maximum Gasteiger partial charge on any atom is 0.0746 e. The number of hydrogen-bond acceptors (Lipinski definition) is 0. The first-order valence-electron chi connectivity index (χ1n) is 5.60. The second kappa shape index (κ2) is 5.07. The van der Waals surface area contributed by atoms with Crippen molar-refractivity contribution in [2.24, 2.45) is 5.41 Å². The SMILES string of the molecule is [B]C(C)(C)C(C)(C)CCCCCC. The van der Waals surface area contributed by atoms with Gasteiger partial charge in [-0.2, -0.15) is 0 Å². The number of unbranched alkanes of at least 4 members (excludes halogenated alkanes) is 3. The lowest BCUT2D eigenvalue weighted by atomic mass is 9.54. The molecule has 0 amide bonds. The highest BCUT2D eigenvalue weighted by atomic mass is 14.3. The van der Waals surface area contributed by atoms with E-state index in [0.29, 0.717) is 0 Å². The average molecular weight is 180 g/mol. The summed E-state index contributed by atoms with van der Waals surface area (Å²) in [6.07, 6.45) is 6.60. The van der Waals surface area contributed by atoms with Crippen molar-refractivity contribution in [1.82, 2.24) is 0 Å². The highest BCUT2D eigenvalue weighted by Crippen LogP contribution is 2.45. The second-order valence-electron chi connectivity index (χ2n) is 5.42. The molecule has 0 aliphatic carbocycles. The van der Waals surface area contributed by atoms with Gasteiger partial charge in [0.15, 0.2) is 0 Å². The molecule has 0 fully saturated rings. The van der Waals surface area contributed by atoms with Crippen LogP contribution in [0.5, 0.6) is 0 Å². The van der Waals surface area contributed by atoms with Crippen molar-refractivity contribution in [3.05, 3.63) is 0 Å². The molecule has 0 nitrogen and oxygen atoms in total. The molecular weight excluding hydrogens is 155 g/mol. The summed E-state index contributed by atoms with van der Waals surface area (Å²) in [5.41, 5.74) is 0.265. The van der Waals surface area contributed by atoms with Crippen LogP contribution in [0, 0.1) is 5.41 Å². The molecular formula is C12H25B. The molecule has 0 unspecified atom stereocenters. The summed E-state index contributed by atoms with van der Waals surface area (Å²) in [5, 5.41) is -0.0563. The van der Waals surface area contributed by atoms with Gasteiger partial charge in [0, 0.05) is 0 Å². The summed E-state index contributed by atoms with van der Waals surface area (Å²) >= 11 is 0. The minimum Gasteiger partial charge on any atom is -0.0674 e. The standard InChI is InChI=1S/C12H25B/c1-6-7-8-9-10-11(2,3)12(4,5)13/h6-10H2,1-5H3. The Labute approximate surface area is 85.9 Å². The molecule has 0 aliphatic heterocycles. The third kappa shape index (κ3) is 4.74. The van der Waals surface area contributed by atoms with E-state index in [1.54, 1.807) is 0 Å². The number of rotatable bonds is 6. The van der Waals surface area contributed by atoms with E-state index in [0.717, 1.165) is 0 Å². The van der Waals surface area contributed by atoms with Crippen molar-refractivity contribution in [2.75, 3.05) is 0 Å². The van der Waals surface area contributed by atoms with Crippen molar-refractivity contribution >= 4 is 7.85 Å². The topological polar surface area (TPSA) is 0 Å². The Morgan fingerprint density at radius 3 is 1.85 bits per heavy atom. The Hall–Kier alpha value is 0.0649. The fourth-order valence-corrected chi connectivity index (χ4v) is 1.32. The summed E-state index contributed by atoms with van der Waals surface area (Å²) in [7, 11) is 6.13. The molecule has 0 rings (SSSR count). The zero-order valence-corrected chi connectivity index (χ0v) is 10.1. The summed E-state index contributed by atoms with van der Waals surface area (Å²) in [4.78, 5) is 0. The Morgan fingerprint density at radius 2 is 1.46 bits per heavy atom. The lowest BCUT2D eigenvalue weighted by Gasteiger charge is -2.39. The Balaban J connectivity index is 3.77. The van der Waals surface area contributed by atoms with Crippen LogP contribution in [-0.2, 0) is 0 Å². The minimum atomic E-state index is -0.0563. The van der Waals surface area contributed by atoms with Gasteiger partial charge in [-0.25, -0.2) is 0 Å². The molecule has 0 saturated carbocycles. The Bertz CT molecular complexity index is 131. The summed E-state index contributed by atoms with van der Waals surface area (Å²) < 4.78 is 0. The minimum absolute atomic E-state index is 0.0563. The van der Waals surface area contributed by atoms with Crippen LogP contribution in [0.15, 0.2) is 0 Å². The molecule has 0 aromatic heterocycles. The van der Waals surface area contributed by atoms with Gasteiger partial charge in [0.2, 0.25) is 0 Å². The van der Waals surface area contributed by atoms with E-state index in [4.69, 9.17) is 7.85 Å².